The Bertz CT molecular complexity index is 535. The smallest absolute Gasteiger partial charge is 0.245 e. The Kier molecular flexibility index (Phi) is 6.94. The Labute approximate surface area is 124 Å². The summed E-state index contributed by atoms with van der Waals surface area (Å²) in [5, 5.41) is 3.07. The number of hydrogen-bond donors (Lipinski definition) is 1. The van der Waals surface area contributed by atoms with E-state index in [0.29, 0.717) is 18.8 Å². The summed E-state index contributed by atoms with van der Waals surface area (Å²) >= 11 is 1.55. The number of hydrogen-bond acceptors (Lipinski definition) is 4. The number of benzene rings is 1. The molecule has 0 spiro atoms. The molecule has 0 saturated carbocycles. The van der Waals surface area contributed by atoms with Gasteiger partial charge in [-0.15, -0.1) is 0 Å². The van der Waals surface area contributed by atoms with Crippen LogP contribution < -0.4 is 5.32 Å². The maximum Gasteiger partial charge on any atom is 0.245 e. The van der Waals surface area contributed by atoms with E-state index >= 15 is 0 Å². The first-order valence-electron chi connectivity index (χ1n) is 6.38. The first-order valence-corrected chi connectivity index (χ1v) is 9.21. The van der Waals surface area contributed by atoms with Crippen molar-refractivity contribution in [3.8, 4) is 0 Å². The lowest BCUT2D eigenvalue weighted by Gasteiger charge is -2.17. The van der Waals surface area contributed by atoms with Gasteiger partial charge in [-0.3, -0.25) is 0 Å². The summed E-state index contributed by atoms with van der Waals surface area (Å²) in [7, 11) is -2.28. The van der Waals surface area contributed by atoms with Gasteiger partial charge >= 0.3 is 0 Å². The summed E-state index contributed by atoms with van der Waals surface area (Å²) in [4.78, 5) is -0.263. The molecular formula is C13H21FN2O2S2. The van der Waals surface area contributed by atoms with E-state index in [1.165, 1.54) is 23.5 Å². The fourth-order valence-electron chi connectivity index (χ4n) is 1.64. The molecule has 20 heavy (non-hydrogen) atoms. The molecule has 0 aliphatic heterocycles. The first kappa shape index (κ1) is 17.4. The average Bonchev–Trinajstić information content (AvgIpc) is 2.42. The summed E-state index contributed by atoms with van der Waals surface area (Å²) in [5.74, 6) is -0.0213. The summed E-state index contributed by atoms with van der Waals surface area (Å²) in [6.07, 6.45) is 1.90. The number of nitrogens with zero attached hydrogens (tertiary/aromatic N) is 1. The zero-order valence-electron chi connectivity index (χ0n) is 12.0. The van der Waals surface area contributed by atoms with Crippen LogP contribution in [0.5, 0.6) is 0 Å². The van der Waals surface area contributed by atoms with Gasteiger partial charge in [-0.1, -0.05) is 13.0 Å². The second kappa shape index (κ2) is 7.97. The largest absolute Gasteiger partial charge is 0.313 e. The van der Waals surface area contributed by atoms with E-state index in [2.05, 4.69) is 5.32 Å². The van der Waals surface area contributed by atoms with E-state index in [9.17, 15) is 12.8 Å². The van der Waals surface area contributed by atoms with Crippen molar-refractivity contribution in [3.05, 3.63) is 29.6 Å². The van der Waals surface area contributed by atoms with Crippen LogP contribution in [0.2, 0.25) is 0 Å². The van der Waals surface area contributed by atoms with Crippen LogP contribution in [0.25, 0.3) is 0 Å². The molecule has 0 unspecified atom stereocenters. The van der Waals surface area contributed by atoms with E-state index < -0.39 is 15.8 Å². The van der Waals surface area contributed by atoms with Crippen molar-refractivity contribution in [1.29, 1.82) is 0 Å². The SMILES string of the molecule is CCNCc1ccc(S(=O)(=O)N(C)CCSC)c(F)c1. The van der Waals surface area contributed by atoms with E-state index in [-0.39, 0.29) is 4.90 Å². The Hall–Kier alpha value is -0.630. The molecule has 1 rings (SSSR count). The topological polar surface area (TPSA) is 49.4 Å². The molecular weight excluding hydrogens is 299 g/mol. The molecule has 0 aliphatic carbocycles. The molecule has 7 heteroatoms. The predicted molar refractivity (Wildman–Crippen MR) is 82.0 cm³/mol. The monoisotopic (exact) mass is 320 g/mol. The molecule has 0 aromatic heterocycles. The zero-order valence-corrected chi connectivity index (χ0v) is 13.7. The van der Waals surface area contributed by atoms with Gasteiger partial charge in [0, 0.05) is 25.9 Å². The fraction of sp³-hybridized carbons (Fsp3) is 0.538. The summed E-state index contributed by atoms with van der Waals surface area (Å²) in [5.41, 5.74) is 0.732. The van der Waals surface area contributed by atoms with Gasteiger partial charge in [0.15, 0.2) is 0 Å². The Morgan fingerprint density at radius 3 is 2.65 bits per heavy atom. The van der Waals surface area contributed by atoms with Gasteiger partial charge in [-0.2, -0.15) is 11.8 Å². The lowest BCUT2D eigenvalue weighted by molar-refractivity contribution is 0.479. The highest BCUT2D eigenvalue weighted by molar-refractivity contribution is 7.98. The molecule has 0 saturated heterocycles. The third-order valence-corrected chi connectivity index (χ3v) is 5.35. The highest BCUT2D eigenvalue weighted by Crippen LogP contribution is 2.19. The number of rotatable bonds is 8. The Morgan fingerprint density at radius 1 is 1.40 bits per heavy atom. The van der Waals surface area contributed by atoms with E-state index in [1.807, 2.05) is 13.2 Å². The van der Waals surface area contributed by atoms with Gasteiger partial charge in [0.1, 0.15) is 10.7 Å². The number of halogens is 1. The van der Waals surface area contributed by atoms with Crippen LogP contribution in [-0.2, 0) is 16.6 Å². The minimum Gasteiger partial charge on any atom is -0.313 e. The van der Waals surface area contributed by atoms with Gasteiger partial charge in [-0.25, -0.2) is 17.1 Å². The quantitative estimate of drug-likeness (QED) is 0.795. The minimum absolute atomic E-state index is 0.263. The predicted octanol–water partition coefficient (Wildman–Crippen LogP) is 1.92. The summed E-state index contributed by atoms with van der Waals surface area (Å²) in [6, 6.07) is 4.26. The number of nitrogens with one attached hydrogen (secondary N) is 1. The first-order chi connectivity index (χ1) is 9.43. The molecule has 1 N–H and O–H groups in total. The van der Waals surface area contributed by atoms with Crippen LogP contribution in [0.1, 0.15) is 12.5 Å². The normalized spacial score (nSPS) is 12.1. The van der Waals surface area contributed by atoms with Crippen molar-refractivity contribution in [1.82, 2.24) is 9.62 Å². The minimum atomic E-state index is -3.75. The molecule has 1 aromatic rings. The van der Waals surface area contributed by atoms with Crippen LogP contribution in [0.4, 0.5) is 4.39 Å². The molecule has 0 radical (unpaired) electrons. The second-order valence-corrected chi connectivity index (χ2v) is 7.36. The van der Waals surface area contributed by atoms with Gasteiger partial charge < -0.3 is 5.32 Å². The summed E-state index contributed by atoms with van der Waals surface area (Å²) in [6.45, 7) is 3.62. The third kappa shape index (κ3) is 4.44. The van der Waals surface area contributed by atoms with E-state index in [1.54, 1.807) is 17.8 Å². The van der Waals surface area contributed by atoms with Crippen LogP contribution in [0.15, 0.2) is 23.1 Å². The molecule has 4 nitrogen and oxygen atoms in total. The summed E-state index contributed by atoms with van der Waals surface area (Å²) < 4.78 is 39.7. The van der Waals surface area contributed by atoms with Crippen molar-refractivity contribution >= 4 is 21.8 Å². The van der Waals surface area contributed by atoms with Gasteiger partial charge in [0.2, 0.25) is 10.0 Å². The number of thioether (sulfide) groups is 1. The molecule has 1 aromatic carbocycles. The van der Waals surface area contributed by atoms with Gasteiger partial charge in [-0.05, 0) is 30.5 Å². The van der Waals surface area contributed by atoms with Crippen molar-refractivity contribution in [3.63, 3.8) is 0 Å². The maximum absolute atomic E-state index is 14.0. The average molecular weight is 320 g/mol. The molecule has 114 valence electrons. The molecule has 0 aliphatic rings. The molecule has 0 bridgehead atoms. The lowest BCUT2D eigenvalue weighted by atomic mass is 10.2. The zero-order chi connectivity index (χ0) is 15.2. The van der Waals surface area contributed by atoms with Crippen LogP contribution in [-0.4, -0.2) is 44.9 Å². The van der Waals surface area contributed by atoms with E-state index in [4.69, 9.17) is 0 Å². The number of sulfonamides is 1. The lowest BCUT2D eigenvalue weighted by Crippen LogP contribution is -2.29. The second-order valence-electron chi connectivity index (χ2n) is 4.36. The van der Waals surface area contributed by atoms with Crippen molar-refractivity contribution in [2.24, 2.45) is 0 Å². The van der Waals surface area contributed by atoms with Crippen molar-refractivity contribution in [2.75, 3.05) is 32.1 Å². The van der Waals surface area contributed by atoms with Crippen molar-refractivity contribution in [2.45, 2.75) is 18.4 Å². The van der Waals surface area contributed by atoms with Crippen molar-refractivity contribution < 1.29 is 12.8 Å². The van der Waals surface area contributed by atoms with Crippen LogP contribution in [0.3, 0.4) is 0 Å². The maximum atomic E-state index is 14.0. The molecule has 0 atom stereocenters. The Balaban J connectivity index is 2.95. The van der Waals surface area contributed by atoms with Gasteiger partial charge in [0.25, 0.3) is 0 Å². The van der Waals surface area contributed by atoms with Crippen LogP contribution in [0, 0.1) is 5.82 Å². The molecule has 0 amide bonds. The van der Waals surface area contributed by atoms with E-state index in [0.717, 1.165) is 12.1 Å². The standard InChI is InChI=1S/C13H21FN2O2S2/c1-4-15-10-11-5-6-13(12(14)9-11)20(17,18)16(2)7-8-19-3/h5-6,9,15H,4,7-8,10H2,1-3H3. The molecule has 0 heterocycles. The Morgan fingerprint density at radius 2 is 2.10 bits per heavy atom. The van der Waals surface area contributed by atoms with Crippen LogP contribution >= 0.6 is 11.8 Å². The fourth-order valence-corrected chi connectivity index (χ4v) is 3.43. The third-order valence-electron chi connectivity index (χ3n) is 2.87. The highest BCUT2D eigenvalue weighted by Gasteiger charge is 2.24. The molecule has 0 fully saturated rings. The van der Waals surface area contributed by atoms with Gasteiger partial charge in [0.05, 0.1) is 0 Å². The highest BCUT2D eigenvalue weighted by atomic mass is 32.2.